The summed E-state index contributed by atoms with van der Waals surface area (Å²) in [5.41, 5.74) is 16.0. The maximum Gasteiger partial charge on any atom is 0.0337 e. The van der Waals surface area contributed by atoms with Gasteiger partial charge in [-0.15, -0.1) is 13.2 Å². The van der Waals surface area contributed by atoms with Crippen LogP contribution in [-0.4, -0.2) is 7.05 Å². The van der Waals surface area contributed by atoms with Gasteiger partial charge in [-0.05, 0) is 76.1 Å². The Balaban J connectivity index is 0.000000357. The van der Waals surface area contributed by atoms with Crippen molar-refractivity contribution in [2.24, 2.45) is 0 Å². The molecular weight excluding hydrogens is 593 g/mol. The summed E-state index contributed by atoms with van der Waals surface area (Å²) in [7, 11) is 1.91. The van der Waals surface area contributed by atoms with E-state index in [2.05, 4.69) is 146 Å². The fourth-order valence-electron chi connectivity index (χ4n) is 4.57. The Hall–Kier alpha value is -5.86. The zero-order valence-electron chi connectivity index (χ0n) is 29.4. The Labute approximate surface area is 296 Å². The molecule has 0 saturated heterocycles. The number of nitrogens with two attached hydrogens (primary N) is 1. The predicted octanol–water partition coefficient (Wildman–Crippen LogP) is 13.1. The second-order valence-corrected chi connectivity index (χ2v) is 10.6. The molecule has 0 unspecified atom stereocenters. The van der Waals surface area contributed by atoms with E-state index in [4.69, 9.17) is 5.73 Å². The van der Waals surface area contributed by atoms with Crippen LogP contribution < -0.4 is 11.1 Å². The molecule has 4 aromatic carbocycles. The van der Waals surface area contributed by atoms with Gasteiger partial charge in [-0.2, -0.15) is 0 Å². The molecule has 0 atom stereocenters. The van der Waals surface area contributed by atoms with Crippen molar-refractivity contribution in [3.63, 3.8) is 0 Å². The highest BCUT2D eigenvalue weighted by molar-refractivity contribution is 5.68. The molecule has 0 saturated carbocycles. The zero-order chi connectivity index (χ0) is 35.5. The van der Waals surface area contributed by atoms with E-state index in [1.54, 1.807) is 0 Å². The summed E-state index contributed by atoms with van der Waals surface area (Å²) in [6.07, 6.45) is 27.6. The second kappa shape index (κ2) is 24.3. The van der Waals surface area contributed by atoms with E-state index in [-0.39, 0.29) is 0 Å². The van der Waals surface area contributed by atoms with Crippen molar-refractivity contribution in [1.82, 2.24) is 0 Å². The van der Waals surface area contributed by atoms with Crippen LogP contribution in [0.1, 0.15) is 37.8 Å². The molecule has 49 heavy (non-hydrogen) atoms. The summed E-state index contributed by atoms with van der Waals surface area (Å²) in [5.74, 6) is 0. The van der Waals surface area contributed by atoms with Gasteiger partial charge in [0, 0.05) is 18.4 Å². The first-order valence-electron chi connectivity index (χ1n) is 16.8. The third-order valence-corrected chi connectivity index (χ3v) is 7.16. The van der Waals surface area contributed by atoms with Crippen LogP contribution in [0.2, 0.25) is 0 Å². The summed E-state index contributed by atoms with van der Waals surface area (Å²) in [6, 6.07) is 36.9. The number of rotatable bonds is 6. The van der Waals surface area contributed by atoms with Gasteiger partial charge < -0.3 is 11.1 Å². The summed E-state index contributed by atoms with van der Waals surface area (Å²) in [5, 5.41) is 3.03. The van der Waals surface area contributed by atoms with Gasteiger partial charge in [0.05, 0.1) is 0 Å². The number of anilines is 2. The average molecular weight is 645 g/mol. The Bertz CT molecular complexity index is 1710. The highest BCUT2D eigenvalue weighted by atomic mass is 14.8. The fraction of sp³-hybridized carbons (Fsp3) is 0.106. The lowest BCUT2D eigenvalue weighted by molar-refractivity contribution is 1.26. The summed E-state index contributed by atoms with van der Waals surface area (Å²) < 4.78 is 0. The molecule has 250 valence electrons. The lowest BCUT2D eigenvalue weighted by atomic mass is 10.0. The van der Waals surface area contributed by atoms with Crippen molar-refractivity contribution in [3.05, 3.63) is 218 Å². The molecule has 4 aromatic rings. The molecule has 6 rings (SSSR count). The van der Waals surface area contributed by atoms with Gasteiger partial charge in [0.1, 0.15) is 0 Å². The molecule has 0 fully saturated rings. The second-order valence-electron chi connectivity index (χ2n) is 10.6. The quantitative estimate of drug-likeness (QED) is 0.162. The van der Waals surface area contributed by atoms with Gasteiger partial charge >= 0.3 is 0 Å². The SMILES string of the molecule is C=C.C=C1CC=C/C1=C/C=C\c1ccc(-c2ccc(/C=C\C=C3\C=CC=CC3)cc2)cc1.CC.CNc1ccccc1.Nc1ccccc1. The average Bonchev–Trinajstić information content (AvgIpc) is 3.59. The van der Waals surface area contributed by atoms with Crippen molar-refractivity contribution in [2.45, 2.75) is 26.7 Å². The maximum atomic E-state index is 5.36. The summed E-state index contributed by atoms with van der Waals surface area (Å²) >= 11 is 0. The van der Waals surface area contributed by atoms with Gasteiger partial charge in [-0.1, -0.05) is 178 Å². The van der Waals surface area contributed by atoms with Gasteiger partial charge in [-0.25, -0.2) is 0 Å². The smallest absolute Gasteiger partial charge is 0.0337 e. The van der Waals surface area contributed by atoms with Crippen molar-refractivity contribution in [3.8, 4) is 11.1 Å². The van der Waals surface area contributed by atoms with Gasteiger partial charge in [-0.3, -0.25) is 0 Å². The first kappa shape index (κ1) is 39.3. The van der Waals surface area contributed by atoms with Crippen LogP contribution in [0.3, 0.4) is 0 Å². The Morgan fingerprint density at radius 3 is 1.55 bits per heavy atom. The van der Waals surface area contributed by atoms with Crippen LogP contribution in [0.5, 0.6) is 0 Å². The minimum atomic E-state index is 0.822. The van der Waals surface area contributed by atoms with Crippen LogP contribution in [-0.2, 0) is 0 Å². The third kappa shape index (κ3) is 15.5. The number of benzene rings is 4. The highest BCUT2D eigenvalue weighted by Crippen LogP contribution is 2.23. The van der Waals surface area contributed by atoms with Crippen LogP contribution >= 0.6 is 0 Å². The standard InChI is InChI=1S/C30H26.C7H9N.C6H7N.C2H6.C2H4/c1-24-8-5-14-28(24)15-7-13-27-18-22-30(23-19-27)29-20-16-26(17-21-29)12-6-11-25-9-3-2-4-10-25;1-8-7-5-3-2-4-6-7;7-6-4-2-1-3-5-6;2*1-2/h2-7,9,11-23H,1,8,10H2;2-6,8H,1H3;1-5H,7H2;1-2H3;1-2H2/b12-6-,13-7-,25-11-,28-15-;;;;. The van der Waals surface area contributed by atoms with Crippen LogP contribution in [0.25, 0.3) is 23.3 Å². The van der Waals surface area contributed by atoms with E-state index in [0.29, 0.717) is 0 Å². The molecular formula is C47H52N2. The molecule has 0 radical (unpaired) electrons. The van der Waals surface area contributed by atoms with E-state index in [0.717, 1.165) is 24.2 Å². The Morgan fingerprint density at radius 1 is 0.612 bits per heavy atom. The molecule has 2 aliphatic carbocycles. The molecule has 0 amide bonds. The lowest BCUT2D eigenvalue weighted by Gasteiger charge is -2.03. The van der Waals surface area contributed by atoms with E-state index >= 15 is 0 Å². The number of para-hydroxylation sites is 2. The van der Waals surface area contributed by atoms with Gasteiger partial charge in [0.15, 0.2) is 0 Å². The predicted molar refractivity (Wildman–Crippen MR) is 221 cm³/mol. The maximum absolute atomic E-state index is 5.36. The van der Waals surface area contributed by atoms with Gasteiger partial charge in [0.25, 0.3) is 0 Å². The summed E-state index contributed by atoms with van der Waals surface area (Å²) in [4.78, 5) is 0. The van der Waals surface area contributed by atoms with Gasteiger partial charge in [0.2, 0.25) is 0 Å². The Kier molecular flexibility index (Phi) is 19.5. The van der Waals surface area contributed by atoms with Crippen LogP contribution in [0.4, 0.5) is 11.4 Å². The van der Waals surface area contributed by atoms with E-state index in [1.165, 1.54) is 39.0 Å². The highest BCUT2D eigenvalue weighted by Gasteiger charge is 2.02. The lowest BCUT2D eigenvalue weighted by Crippen LogP contribution is -1.84. The first-order valence-corrected chi connectivity index (χ1v) is 16.8. The minimum Gasteiger partial charge on any atom is -0.399 e. The van der Waals surface area contributed by atoms with E-state index in [1.807, 2.05) is 81.6 Å². The zero-order valence-corrected chi connectivity index (χ0v) is 29.4. The number of hydrogen-bond donors (Lipinski definition) is 2. The van der Waals surface area contributed by atoms with Crippen LogP contribution in [0.15, 0.2) is 206 Å². The minimum absolute atomic E-state index is 0.822. The van der Waals surface area contributed by atoms with Crippen molar-refractivity contribution >= 4 is 23.5 Å². The normalized spacial score (nSPS) is 14.2. The molecule has 2 heteroatoms. The fourth-order valence-corrected chi connectivity index (χ4v) is 4.57. The van der Waals surface area contributed by atoms with Crippen LogP contribution in [0, 0.1) is 0 Å². The third-order valence-electron chi connectivity index (χ3n) is 7.16. The molecule has 2 nitrogen and oxygen atoms in total. The Morgan fingerprint density at radius 2 is 1.14 bits per heavy atom. The number of hydrogen-bond acceptors (Lipinski definition) is 2. The van der Waals surface area contributed by atoms with Crippen molar-refractivity contribution in [1.29, 1.82) is 0 Å². The molecule has 3 N–H and O–H groups in total. The monoisotopic (exact) mass is 644 g/mol. The largest absolute Gasteiger partial charge is 0.399 e. The topological polar surface area (TPSA) is 38.0 Å². The van der Waals surface area contributed by atoms with Crippen molar-refractivity contribution < 1.29 is 0 Å². The summed E-state index contributed by atoms with van der Waals surface area (Å²) in [6.45, 7) is 14.1. The molecule has 0 bridgehead atoms. The van der Waals surface area contributed by atoms with E-state index in [9.17, 15) is 0 Å². The number of nitrogens with one attached hydrogen (secondary N) is 1. The molecule has 0 aliphatic heterocycles. The first-order chi connectivity index (χ1) is 24.1. The van der Waals surface area contributed by atoms with Crippen molar-refractivity contribution in [2.75, 3.05) is 18.1 Å². The van der Waals surface area contributed by atoms with E-state index < -0.39 is 0 Å². The molecule has 0 aromatic heterocycles. The number of allylic oxidation sites excluding steroid dienone is 13. The number of nitrogen functional groups attached to an aromatic ring is 1. The molecule has 2 aliphatic rings. The molecule has 0 heterocycles. The molecule has 0 spiro atoms.